The number of aromatic nitrogens is 4. The number of ether oxygens (including phenoxy) is 2. The van der Waals surface area contributed by atoms with Crippen LogP contribution < -0.4 is 14.4 Å². The number of anilines is 1. The Bertz CT molecular complexity index is 987. The topological polar surface area (TPSA) is 68.5 Å². The van der Waals surface area contributed by atoms with Gasteiger partial charge < -0.3 is 19.3 Å². The van der Waals surface area contributed by atoms with Crippen molar-refractivity contribution in [2.45, 2.75) is 12.5 Å². The summed E-state index contributed by atoms with van der Waals surface area (Å²) in [4.78, 5) is 13.8. The van der Waals surface area contributed by atoms with Crippen molar-refractivity contribution in [2.24, 2.45) is 0 Å². The van der Waals surface area contributed by atoms with Gasteiger partial charge in [0.15, 0.2) is 11.6 Å². The zero-order valence-corrected chi connectivity index (χ0v) is 17.2. The van der Waals surface area contributed by atoms with Gasteiger partial charge in [0, 0.05) is 30.9 Å². The maximum absolute atomic E-state index is 5.39. The monoisotopic (exact) mass is 394 g/mol. The van der Waals surface area contributed by atoms with Crippen molar-refractivity contribution in [3.8, 4) is 28.7 Å². The Kier molecular flexibility index (Phi) is 5.35. The Labute approximate surface area is 170 Å². The van der Waals surface area contributed by atoms with Crippen molar-refractivity contribution in [1.82, 2.24) is 24.6 Å². The summed E-state index contributed by atoms with van der Waals surface area (Å²) in [6.07, 6.45) is 4.66. The number of methoxy groups -OCH3 is 2. The molecule has 1 fully saturated rings. The van der Waals surface area contributed by atoms with Gasteiger partial charge in [-0.25, -0.2) is 14.6 Å². The van der Waals surface area contributed by atoms with Crippen LogP contribution in [-0.4, -0.2) is 72.1 Å². The second kappa shape index (κ2) is 8.08. The third-order valence-electron chi connectivity index (χ3n) is 5.32. The fourth-order valence-corrected chi connectivity index (χ4v) is 3.65. The van der Waals surface area contributed by atoms with E-state index in [1.807, 2.05) is 28.9 Å². The highest BCUT2D eigenvalue weighted by molar-refractivity contribution is 5.63. The molecule has 4 heterocycles. The third kappa shape index (κ3) is 3.75. The minimum absolute atomic E-state index is 0.451. The molecule has 0 saturated carbocycles. The molecule has 0 N–H and O–H groups in total. The third-order valence-corrected chi connectivity index (χ3v) is 5.32. The summed E-state index contributed by atoms with van der Waals surface area (Å²) in [5.41, 5.74) is 1.76. The first-order chi connectivity index (χ1) is 14.1. The molecule has 0 aromatic carbocycles. The van der Waals surface area contributed by atoms with E-state index in [-0.39, 0.29) is 0 Å². The number of rotatable bonds is 6. The molecule has 152 valence electrons. The van der Waals surface area contributed by atoms with Gasteiger partial charge in [-0.05, 0) is 44.8 Å². The van der Waals surface area contributed by atoms with E-state index in [4.69, 9.17) is 14.5 Å². The molecular formula is C21H26N6O2. The quantitative estimate of drug-likeness (QED) is 0.636. The lowest BCUT2D eigenvalue weighted by atomic mass is 10.2. The Balaban J connectivity index is 1.66. The molecule has 1 atom stereocenters. The highest BCUT2D eigenvalue weighted by atomic mass is 16.5. The molecule has 4 rings (SSSR count). The lowest BCUT2D eigenvalue weighted by Crippen LogP contribution is -2.31. The van der Waals surface area contributed by atoms with Gasteiger partial charge in [0.1, 0.15) is 5.82 Å². The lowest BCUT2D eigenvalue weighted by molar-refractivity contribution is 0.315. The van der Waals surface area contributed by atoms with Gasteiger partial charge >= 0.3 is 0 Å². The summed E-state index contributed by atoms with van der Waals surface area (Å²) in [5.74, 6) is 2.77. The van der Waals surface area contributed by atoms with Gasteiger partial charge in [0.05, 0.1) is 26.1 Å². The van der Waals surface area contributed by atoms with Gasteiger partial charge in [-0.2, -0.15) is 5.10 Å². The van der Waals surface area contributed by atoms with Crippen molar-refractivity contribution in [1.29, 1.82) is 0 Å². The number of hydrogen-bond donors (Lipinski definition) is 0. The first kappa shape index (κ1) is 19.2. The maximum Gasteiger partial charge on any atom is 0.256 e. The lowest BCUT2D eigenvalue weighted by Gasteiger charge is -2.21. The Morgan fingerprint density at radius 3 is 2.66 bits per heavy atom. The first-order valence-electron chi connectivity index (χ1n) is 9.62. The molecule has 3 aromatic rings. The molecular weight excluding hydrogens is 368 g/mol. The smallest absolute Gasteiger partial charge is 0.256 e. The molecule has 8 heteroatoms. The normalized spacial score (nSPS) is 16.4. The van der Waals surface area contributed by atoms with Crippen LogP contribution in [0, 0.1) is 0 Å². The standard InChI is InChI=1S/C21H26N6O2/c1-25(2)16-9-11-26(14-16)19-6-5-7-20(24-19)27-17(8-10-23-27)15-12-18(28-3)21(29-4)22-13-15/h5-8,10,12-13,16H,9,11,14H2,1-4H3/t16-/m1/s1. The zero-order chi connectivity index (χ0) is 20.4. The first-order valence-corrected chi connectivity index (χ1v) is 9.62. The van der Waals surface area contributed by atoms with Crippen LogP contribution in [0.15, 0.2) is 42.7 Å². The highest BCUT2D eigenvalue weighted by Crippen LogP contribution is 2.31. The van der Waals surface area contributed by atoms with Crippen molar-refractivity contribution in [3.63, 3.8) is 0 Å². The van der Waals surface area contributed by atoms with Crippen LogP contribution in [0.4, 0.5) is 5.82 Å². The summed E-state index contributed by atoms with van der Waals surface area (Å²) in [7, 11) is 7.43. The van der Waals surface area contributed by atoms with E-state index in [0.29, 0.717) is 17.7 Å². The molecule has 29 heavy (non-hydrogen) atoms. The predicted molar refractivity (Wildman–Crippen MR) is 112 cm³/mol. The van der Waals surface area contributed by atoms with Gasteiger partial charge in [0.2, 0.25) is 0 Å². The molecule has 0 spiro atoms. The molecule has 1 aliphatic heterocycles. The Morgan fingerprint density at radius 1 is 1.10 bits per heavy atom. The molecule has 3 aromatic heterocycles. The average molecular weight is 394 g/mol. The van der Waals surface area contributed by atoms with Crippen LogP contribution in [0.5, 0.6) is 11.6 Å². The minimum Gasteiger partial charge on any atom is -0.491 e. The van der Waals surface area contributed by atoms with E-state index < -0.39 is 0 Å². The van der Waals surface area contributed by atoms with Crippen molar-refractivity contribution < 1.29 is 9.47 Å². The SMILES string of the molecule is COc1cc(-c2ccnn2-c2cccc(N3CC[C@@H](N(C)C)C3)n2)cnc1OC. The second-order valence-electron chi connectivity index (χ2n) is 7.27. The van der Waals surface area contributed by atoms with Crippen LogP contribution in [0.3, 0.4) is 0 Å². The Hall–Kier alpha value is -3.13. The van der Waals surface area contributed by atoms with Crippen LogP contribution in [-0.2, 0) is 0 Å². The molecule has 1 saturated heterocycles. The number of nitrogens with zero attached hydrogens (tertiary/aromatic N) is 6. The average Bonchev–Trinajstić information content (AvgIpc) is 3.43. The van der Waals surface area contributed by atoms with Crippen molar-refractivity contribution in [3.05, 3.63) is 42.7 Å². The van der Waals surface area contributed by atoms with E-state index in [0.717, 1.165) is 42.4 Å². The summed E-state index contributed by atoms with van der Waals surface area (Å²) < 4.78 is 12.5. The highest BCUT2D eigenvalue weighted by Gasteiger charge is 2.25. The van der Waals surface area contributed by atoms with Crippen molar-refractivity contribution >= 4 is 5.82 Å². The summed E-state index contributed by atoms with van der Waals surface area (Å²) in [5, 5.41) is 4.50. The van der Waals surface area contributed by atoms with Crippen LogP contribution in [0.1, 0.15) is 6.42 Å². The Morgan fingerprint density at radius 2 is 1.93 bits per heavy atom. The fraction of sp³-hybridized carbons (Fsp3) is 0.381. The number of pyridine rings is 2. The molecule has 8 nitrogen and oxygen atoms in total. The molecule has 0 unspecified atom stereocenters. The molecule has 1 aliphatic rings. The van der Waals surface area contributed by atoms with Crippen LogP contribution >= 0.6 is 0 Å². The predicted octanol–water partition coefficient (Wildman–Crippen LogP) is 2.49. The maximum atomic E-state index is 5.39. The van der Waals surface area contributed by atoms with E-state index in [1.165, 1.54) is 0 Å². The second-order valence-corrected chi connectivity index (χ2v) is 7.27. The zero-order valence-electron chi connectivity index (χ0n) is 17.2. The molecule has 0 amide bonds. The summed E-state index contributed by atoms with van der Waals surface area (Å²) in [6, 6.07) is 10.4. The van der Waals surface area contributed by atoms with E-state index in [9.17, 15) is 0 Å². The number of hydrogen-bond acceptors (Lipinski definition) is 7. The van der Waals surface area contributed by atoms with Gasteiger partial charge in [-0.3, -0.25) is 0 Å². The van der Waals surface area contributed by atoms with Crippen LogP contribution in [0.25, 0.3) is 17.1 Å². The molecule has 0 bridgehead atoms. The molecule has 0 aliphatic carbocycles. The van der Waals surface area contributed by atoms with Crippen molar-refractivity contribution in [2.75, 3.05) is 46.3 Å². The van der Waals surface area contributed by atoms with Gasteiger partial charge in [0.25, 0.3) is 5.88 Å². The van der Waals surface area contributed by atoms with E-state index >= 15 is 0 Å². The summed E-state index contributed by atoms with van der Waals surface area (Å²) in [6.45, 7) is 1.99. The number of likely N-dealkylation sites (N-methyl/N-ethyl adjacent to an activating group) is 1. The van der Waals surface area contributed by atoms with E-state index in [2.05, 4.69) is 40.0 Å². The van der Waals surface area contributed by atoms with Crippen LogP contribution in [0.2, 0.25) is 0 Å². The van der Waals surface area contributed by atoms with Gasteiger partial charge in [-0.15, -0.1) is 0 Å². The largest absolute Gasteiger partial charge is 0.491 e. The summed E-state index contributed by atoms with van der Waals surface area (Å²) >= 11 is 0. The van der Waals surface area contributed by atoms with E-state index in [1.54, 1.807) is 26.6 Å². The van der Waals surface area contributed by atoms with Gasteiger partial charge in [-0.1, -0.05) is 6.07 Å². The minimum atomic E-state index is 0.451. The fourth-order valence-electron chi connectivity index (χ4n) is 3.65. The molecule has 0 radical (unpaired) electrons.